The summed E-state index contributed by atoms with van der Waals surface area (Å²) in [5.74, 6) is -0.689. The van der Waals surface area contributed by atoms with Crippen molar-refractivity contribution in [2.45, 2.75) is 13.0 Å². The van der Waals surface area contributed by atoms with Crippen LogP contribution in [0.5, 0.6) is 5.75 Å². The minimum absolute atomic E-state index is 0.134. The fourth-order valence-corrected chi connectivity index (χ4v) is 3.31. The summed E-state index contributed by atoms with van der Waals surface area (Å²) in [5, 5.41) is 4.14. The number of nitrogens with one attached hydrogen (secondary N) is 1. The summed E-state index contributed by atoms with van der Waals surface area (Å²) in [7, 11) is 1.53. The number of hydrogen-bond donors (Lipinski definition) is 1. The van der Waals surface area contributed by atoms with Crippen LogP contribution in [0.3, 0.4) is 0 Å². The van der Waals surface area contributed by atoms with Gasteiger partial charge in [-0.2, -0.15) is 0 Å². The van der Waals surface area contributed by atoms with Crippen molar-refractivity contribution in [1.82, 2.24) is 10.3 Å². The van der Waals surface area contributed by atoms with E-state index in [0.717, 1.165) is 29.6 Å². The lowest BCUT2D eigenvalue weighted by molar-refractivity contribution is 0.410. The van der Waals surface area contributed by atoms with Gasteiger partial charge in [-0.15, -0.1) is 0 Å². The monoisotopic (exact) mass is 394 g/mol. The molecule has 0 radical (unpaired) electrons. The van der Waals surface area contributed by atoms with Gasteiger partial charge in [0, 0.05) is 36.8 Å². The second kappa shape index (κ2) is 8.41. The number of rotatable bonds is 7. The third-order valence-corrected chi connectivity index (χ3v) is 4.77. The van der Waals surface area contributed by atoms with Crippen molar-refractivity contribution in [3.8, 4) is 17.1 Å². The Morgan fingerprint density at radius 3 is 2.59 bits per heavy atom. The number of hydrogen-bond acceptors (Lipinski definition) is 4. The zero-order valence-electron chi connectivity index (χ0n) is 15.9. The van der Waals surface area contributed by atoms with Crippen LogP contribution in [-0.4, -0.2) is 18.6 Å². The van der Waals surface area contributed by atoms with E-state index >= 15 is 0 Å². The van der Waals surface area contributed by atoms with Gasteiger partial charge in [-0.1, -0.05) is 18.2 Å². The Balaban J connectivity index is 1.60. The predicted octanol–water partition coefficient (Wildman–Crippen LogP) is 5.11. The van der Waals surface area contributed by atoms with Crippen molar-refractivity contribution in [2.24, 2.45) is 0 Å². The van der Waals surface area contributed by atoms with E-state index in [0.29, 0.717) is 17.9 Å². The maximum Gasteiger partial charge on any atom is 0.176 e. The Hall–Kier alpha value is -3.25. The highest BCUT2D eigenvalue weighted by Crippen LogP contribution is 2.37. The van der Waals surface area contributed by atoms with Gasteiger partial charge in [0.2, 0.25) is 0 Å². The van der Waals surface area contributed by atoms with Crippen LogP contribution >= 0.6 is 0 Å². The van der Waals surface area contributed by atoms with E-state index in [-0.39, 0.29) is 11.3 Å². The molecule has 148 valence electrons. The second-order valence-electron chi connectivity index (χ2n) is 6.62. The number of aromatic nitrogens is 1. The molecule has 0 atom stereocenters. The van der Waals surface area contributed by atoms with E-state index in [4.69, 9.17) is 9.15 Å². The van der Waals surface area contributed by atoms with Crippen LogP contribution in [-0.2, 0) is 13.0 Å². The molecule has 0 aliphatic rings. The summed E-state index contributed by atoms with van der Waals surface area (Å²) in [5.41, 5.74) is 2.25. The van der Waals surface area contributed by atoms with Crippen molar-refractivity contribution < 1.29 is 17.9 Å². The van der Waals surface area contributed by atoms with Gasteiger partial charge in [0.1, 0.15) is 17.4 Å². The van der Waals surface area contributed by atoms with E-state index in [1.54, 1.807) is 18.3 Å². The Morgan fingerprint density at radius 1 is 1.03 bits per heavy atom. The minimum atomic E-state index is -0.668. The summed E-state index contributed by atoms with van der Waals surface area (Å²) >= 11 is 0. The molecule has 0 bridgehead atoms. The van der Waals surface area contributed by atoms with Crippen LogP contribution < -0.4 is 10.1 Å². The minimum Gasteiger partial charge on any atom is -0.493 e. The molecule has 2 aromatic heterocycles. The fourth-order valence-electron chi connectivity index (χ4n) is 3.31. The van der Waals surface area contributed by atoms with Crippen molar-refractivity contribution in [1.29, 1.82) is 0 Å². The summed E-state index contributed by atoms with van der Waals surface area (Å²) in [6.45, 7) is 1.32. The largest absolute Gasteiger partial charge is 0.493 e. The van der Waals surface area contributed by atoms with Gasteiger partial charge in [-0.3, -0.25) is 4.98 Å². The van der Waals surface area contributed by atoms with Gasteiger partial charge >= 0.3 is 0 Å². The maximum absolute atomic E-state index is 14.2. The number of fused-ring (bicyclic) bond motifs is 1. The van der Waals surface area contributed by atoms with Gasteiger partial charge in [0.05, 0.1) is 12.7 Å². The van der Waals surface area contributed by atoms with Crippen LogP contribution in [0.2, 0.25) is 0 Å². The smallest absolute Gasteiger partial charge is 0.176 e. The number of halogens is 2. The molecule has 29 heavy (non-hydrogen) atoms. The lowest BCUT2D eigenvalue weighted by atomic mass is 10.1. The molecule has 2 heterocycles. The standard InChI is InChI=1S/C23H20F2N2O2/c1-28-20-9-8-15(14-26-12-10-16-5-2-3-11-27-16)17-13-21(29-23(17)20)22-18(24)6-4-7-19(22)25/h2-9,11,13,26H,10,12,14H2,1H3. The molecule has 0 fully saturated rings. The molecule has 0 spiro atoms. The highest BCUT2D eigenvalue weighted by molar-refractivity contribution is 5.90. The van der Waals surface area contributed by atoms with E-state index in [1.807, 2.05) is 24.3 Å². The molecule has 1 N–H and O–H groups in total. The van der Waals surface area contributed by atoms with Crippen molar-refractivity contribution in [2.75, 3.05) is 13.7 Å². The maximum atomic E-state index is 14.2. The molecular weight excluding hydrogens is 374 g/mol. The lowest BCUT2D eigenvalue weighted by Gasteiger charge is -2.08. The molecular formula is C23H20F2N2O2. The molecule has 0 amide bonds. The number of ether oxygens (including phenoxy) is 1. The third-order valence-electron chi connectivity index (χ3n) is 4.77. The first-order valence-corrected chi connectivity index (χ1v) is 9.32. The summed E-state index contributed by atoms with van der Waals surface area (Å²) in [4.78, 5) is 4.31. The zero-order chi connectivity index (χ0) is 20.2. The van der Waals surface area contributed by atoms with Crippen molar-refractivity contribution in [3.05, 3.63) is 83.7 Å². The molecule has 0 aliphatic heterocycles. The molecule has 4 nitrogen and oxygen atoms in total. The van der Waals surface area contributed by atoms with Gasteiger partial charge in [0.15, 0.2) is 11.3 Å². The van der Waals surface area contributed by atoms with Crippen LogP contribution in [0.1, 0.15) is 11.3 Å². The van der Waals surface area contributed by atoms with E-state index < -0.39 is 11.6 Å². The molecule has 2 aromatic carbocycles. The molecule has 0 aliphatic carbocycles. The van der Waals surface area contributed by atoms with Gasteiger partial charge in [0.25, 0.3) is 0 Å². The van der Waals surface area contributed by atoms with E-state index in [2.05, 4.69) is 10.3 Å². The van der Waals surface area contributed by atoms with Crippen LogP contribution in [0.4, 0.5) is 8.78 Å². The summed E-state index contributed by atoms with van der Waals surface area (Å²) < 4.78 is 39.6. The van der Waals surface area contributed by atoms with Gasteiger partial charge in [-0.05, 0) is 42.0 Å². The van der Waals surface area contributed by atoms with E-state index in [1.165, 1.54) is 25.3 Å². The molecule has 6 heteroatoms. The Kier molecular flexibility index (Phi) is 5.53. The topological polar surface area (TPSA) is 47.3 Å². The normalized spacial score (nSPS) is 11.1. The Morgan fingerprint density at radius 2 is 1.86 bits per heavy atom. The SMILES string of the molecule is COc1ccc(CNCCc2ccccn2)c2cc(-c3c(F)cccc3F)oc12. The van der Waals surface area contributed by atoms with Gasteiger partial charge in [-0.25, -0.2) is 8.78 Å². The number of pyridine rings is 1. The number of nitrogens with zero attached hydrogens (tertiary/aromatic N) is 1. The van der Waals surface area contributed by atoms with Crippen LogP contribution in [0.25, 0.3) is 22.3 Å². The highest BCUT2D eigenvalue weighted by atomic mass is 19.1. The summed E-state index contributed by atoms with van der Waals surface area (Å²) in [6.07, 6.45) is 2.58. The lowest BCUT2D eigenvalue weighted by Crippen LogP contribution is -2.17. The first-order chi connectivity index (χ1) is 14.2. The van der Waals surface area contributed by atoms with Crippen molar-refractivity contribution >= 4 is 11.0 Å². The molecule has 0 saturated carbocycles. The Bertz CT molecular complexity index is 1110. The van der Waals surface area contributed by atoms with Crippen LogP contribution in [0, 0.1) is 11.6 Å². The average molecular weight is 394 g/mol. The molecule has 0 unspecified atom stereocenters. The third kappa shape index (κ3) is 3.98. The zero-order valence-corrected chi connectivity index (χ0v) is 15.9. The first-order valence-electron chi connectivity index (χ1n) is 9.32. The van der Waals surface area contributed by atoms with Crippen LogP contribution in [0.15, 0.2) is 65.2 Å². The quantitative estimate of drug-likeness (QED) is 0.442. The molecule has 4 rings (SSSR count). The number of furan rings is 1. The fraction of sp³-hybridized carbons (Fsp3) is 0.174. The Labute approximate surface area is 167 Å². The first kappa shape index (κ1) is 19.1. The van der Waals surface area contributed by atoms with Gasteiger partial charge < -0.3 is 14.5 Å². The van der Waals surface area contributed by atoms with E-state index in [9.17, 15) is 8.78 Å². The molecule has 4 aromatic rings. The number of benzene rings is 2. The van der Waals surface area contributed by atoms with Crippen molar-refractivity contribution in [3.63, 3.8) is 0 Å². The predicted molar refractivity (Wildman–Crippen MR) is 108 cm³/mol. The summed E-state index contributed by atoms with van der Waals surface area (Å²) in [6, 6.07) is 15.0. The number of methoxy groups -OCH3 is 1. The highest BCUT2D eigenvalue weighted by Gasteiger charge is 2.19. The molecule has 0 saturated heterocycles. The average Bonchev–Trinajstić information content (AvgIpc) is 3.17. The second-order valence-corrected chi connectivity index (χ2v) is 6.62.